The molecule has 2 aliphatic heterocycles. The fourth-order valence-corrected chi connectivity index (χ4v) is 7.22. The van der Waals surface area contributed by atoms with Gasteiger partial charge in [0.25, 0.3) is 5.91 Å². The molecule has 12 heteroatoms. The van der Waals surface area contributed by atoms with Crippen LogP contribution in [-0.2, 0) is 11.3 Å². The number of rotatable bonds is 8. The number of nitrogens with one attached hydrogen (secondary N) is 3. The molecule has 4 aromatic rings. The van der Waals surface area contributed by atoms with Gasteiger partial charge in [0.05, 0.1) is 83.3 Å². The lowest BCUT2D eigenvalue weighted by Gasteiger charge is -2.48. The van der Waals surface area contributed by atoms with Gasteiger partial charge in [-0.15, -0.1) is 0 Å². The molecule has 0 saturated carbocycles. The third-order valence-corrected chi connectivity index (χ3v) is 10.1. The van der Waals surface area contributed by atoms with Gasteiger partial charge in [0.15, 0.2) is 0 Å². The predicted molar refractivity (Wildman–Crippen MR) is 185 cm³/mol. The number of hydrogen-bond acceptors (Lipinski definition) is 5. The minimum absolute atomic E-state index is 0.148. The van der Waals surface area contributed by atoms with Crippen molar-refractivity contribution in [3.8, 4) is 17.6 Å². The van der Waals surface area contributed by atoms with E-state index in [0.29, 0.717) is 33.3 Å². The van der Waals surface area contributed by atoms with Crippen LogP contribution in [0.2, 0.25) is 0 Å². The average Bonchev–Trinajstić information content (AvgIpc) is 3.40. The van der Waals surface area contributed by atoms with Crippen LogP contribution in [0, 0.1) is 17.3 Å². The highest BCUT2D eigenvalue weighted by molar-refractivity contribution is 14.1. The van der Waals surface area contributed by atoms with Gasteiger partial charge in [0, 0.05) is 43.3 Å². The van der Waals surface area contributed by atoms with Gasteiger partial charge in [-0.1, -0.05) is 12.0 Å². The first kappa shape index (κ1) is 33.0. The minimum Gasteiger partial charge on any atom is -0.495 e. The number of aromatic nitrogens is 1. The van der Waals surface area contributed by atoms with Crippen molar-refractivity contribution >= 4 is 62.4 Å². The van der Waals surface area contributed by atoms with Gasteiger partial charge in [-0.05, 0) is 67.3 Å². The number of carbonyl (C=O) groups is 1. The summed E-state index contributed by atoms with van der Waals surface area (Å²) in [7, 11) is 3.04. The zero-order chi connectivity index (χ0) is 33.2. The monoisotopic (exact) mass is 758 g/mol. The third-order valence-electron chi connectivity index (χ3n) is 8.98. The zero-order valence-electron chi connectivity index (χ0n) is 26.1. The zero-order valence-corrected chi connectivity index (χ0v) is 28.3. The molecule has 0 bridgehead atoms. The van der Waals surface area contributed by atoms with E-state index in [0.717, 1.165) is 50.5 Å². The Morgan fingerprint density at radius 3 is 2.53 bits per heavy atom. The van der Waals surface area contributed by atoms with Crippen molar-refractivity contribution in [2.24, 2.45) is 5.41 Å². The van der Waals surface area contributed by atoms with Crippen molar-refractivity contribution in [1.29, 1.82) is 0 Å². The van der Waals surface area contributed by atoms with Crippen molar-refractivity contribution in [3.05, 3.63) is 78.0 Å². The van der Waals surface area contributed by atoms with Gasteiger partial charge < -0.3 is 29.6 Å². The first-order valence-electron chi connectivity index (χ1n) is 15.4. The number of benzene rings is 3. The number of hydrogen-bond donors (Lipinski definition) is 3. The second-order valence-electron chi connectivity index (χ2n) is 12.0. The lowest BCUT2D eigenvalue weighted by Crippen LogP contribution is -3.18. The normalized spacial score (nSPS) is 15.9. The molecule has 1 spiro atoms. The number of anilines is 3. The van der Waals surface area contributed by atoms with Crippen LogP contribution in [0.5, 0.6) is 5.75 Å². The molecule has 2 fully saturated rings. The van der Waals surface area contributed by atoms with Gasteiger partial charge >= 0.3 is 6.18 Å². The van der Waals surface area contributed by atoms with E-state index in [1.165, 1.54) is 22.3 Å². The Balaban J connectivity index is 1.22. The summed E-state index contributed by atoms with van der Waals surface area (Å²) in [5, 5.41) is 6.37. The Bertz CT molecular complexity index is 1820. The van der Waals surface area contributed by atoms with E-state index in [1.54, 1.807) is 43.4 Å². The number of fused-ring (bicyclic) bond motifs is 1. The number of halogens is 4. The van der Waals surface area contributed by atoms with Crippen molar-refractivity contribution in [1.82, 2.24) is 9.88 Å². The number of amides is 1. The largest absolute Gasteiger partial charge is 0.495 e. The molecular formula is C35H36F3IN5O3+. The number of nitrogens with zero attached hydrogens (tertiary/aromatic N) is 2. The summed E-state index contributed by atoms with van der Waals surface area (Å²) in [6.07, 6.45) is -2.18. The number of methoxy groups -OCH3 is 1. The maximum absolute atomic E-state index is 13.8. The van der Waals surface area contributed by atoms with E-state index >= 15 is 0 Å². The maximum atomic E-state index is 13.8. The molecule has 246 valence electrons. The van der Waals surface area contributed by atoms with Crippen molar-refractivity contribution in [3.63, 3.8) is 0 Å². The third kappa shape index (κ3) is 7.17. The molecule has 8 nitrogen and oxygen atoms in total. The van der Waals surface area contributed by atoms with E-state index in [2.05, 4.69) is 69.6 Å². The fourth-order valence-electron chi connectivity index (χ4n) is 6.47. The molecule has 0 aliphatic carbocycles. The highest BCUT2D eigenvalue weighted by Crippen LogP contribution is 2.38. The fraction of sp³-hybridized carbons (Fsp3) is 0.343. The summed E-state index contributed by atoms with van der Waals surface area (Å²) in [4.78, 5) is 13.4. The van der Waals surface area contributed by atoms with Crippen molar-refractivity contribution in [2.75, 3.05) is 55.4 Å². The average molecular weight is 759 g/mol. The van der Waals surface area contributed by atoms with Crippen LogP contribution in [0.25, 0.3) is 10.9 Å². The summed E-state index contributed by atoms with van der Waals surface area (Å²) in [5.41, 5.74) is 5.12. The van der Waals surface area contributed by atoms with Gasteiger partial charge in [-0.3, -0.25) is 7.91 Å². The number of carbonyl (C=O) groups excluding carboxylic acids is 1. The van der Waals surface area contributed by atoms with Crippen molar-refractivity contribution < 1.29 is 32.3 Å². The molecule has 3 aromatic carbocycles. The molecular weight excluding hydrogens is 722 g/mol. The van der Waals surface area contributed by atoms with Crippen LogP contribution in [0.15, 0.2) is 66.7 Å². The molecule has 0 atom stereocenters. The number of quaternary nitrogens is 1. The van der Waals surface area contributed by atoms with Gasteiger partial charge in [0.1, 0.15) is 18.0 Å². The smallest absolute Gasteiger partial charge is 0.406 e. The SMILES string of the molecule is CNC(=O)c1ccc(NCC#Cc2cc3c(N(I)c4ccc([NH+]5CC6(CCOCC6)C5)cc4)cccc3n2CC(F)(F)F)c(OC)c1. The van der Waals surface area contributed by atoms with E-state index in [4.69, 9.17) is 9.47 Å². The molecule has 0 radical (unpaired) electrons. The first-order chi connectivity index (χ1) is 22.6. The molecule has 0 unspecified atom stereocenters. The Morgan fingerprint density at radius 2 is 1.85 bits per heavy atom. The van der Waals surface area contributed by atoms with Crippen LogP contribution < -0.4 is 23.4 Å². The molecule has 3 N–H and O–H groups in total. The summed E-state index contributed by atoms with van der Waals surface area (Å²) < 4.78 is 55.5. The van der Waals surface area contributed by atoms with Crippen LogP contribution >= 0.6 is 22.9 Å². The van der Waals surface area contributed by atoms with Crippen LogP contribution in [0.3, 0.4) is 0 Å². The molecule has 1 amide bonds. The Labute approximate surface area is 285 Å². The number of ether oxygens (including phenoxy) is 2. The number of alkyl halides is 3. The molecule has 1 aromatic heterocycles. The Kier molecular flexibility index (Phi) is 9.59. The van der Waals surface area contributed by atoms with Gasteiger partial charge in [-0.25, -0.2) is 0 Å². The molecule has 6 rings (SSSR count). The maximum Gasteiger partial charge on any atom is 0.406 e. The highest BCUT2D eigenvalue weighted by Gasteiger charge is 2.49. The quantitative estimate of drug-likeness (QED) is 0.120. The molecule has 2 aliphatic rings. The minimum atomic E-state index is -4.43. The standard InChI is InChI=1S/C35H35F3IN5O3/c1-40-33(45)24-8-13-29(32(19-24)46-2)41-16-4-5-27-20-28-30(43(27)23-35(36,37)38)6-3-7-31(28)44(39)26-11-9-25(10-12-26)42-21-34(22-42)14-17-47-18-15-34/h3,6-13,19-20,41H,14-18,21-23H2,1-2H3,(H,40,45)/p+1. The van der Waals surface area contributed by atoms with E-state index < -0.39 is 12.7 Å². The lowest BCUT2D eigenvalue weighted by atomic mass is 9.73. The summed E-state index contributed by atoms with van der Waals surface area (Å²) in [5.74, 6) is 6.11. The van der Waals surface area contributed by atoms with Gasteiger partial charge in [-0.2, -0.15) is 13.2 Å². The second-order valence-corrected chi connectivity index (χ2v) is 13.0. The predicted octanol–water partition coefficient (Wildman–Crippen LogP) is 5.85. The van der Waals surface area contributed by atoms with Crippen LogP contribution in [-0.4, -0.2) is 63.7 Å². The second kappa shape index (κ2) is 13.7. The topological polar surface area (TPSA) is 72.2 Å². The van der Waals surface area contributed by atoms with Crippen LogP contribution in [0.4, 0.5) is 35.9 Å². The lowest BCUT2D eigenvalue weighted by molar-refractivity contribution is -0.902. The Hall–Kier alpha value is -3.93. The van der Waals surface area contributed by atoms with Gasteiger partial charge in [0.2, 0.25) is 0 Å². The van der Waals surface area contributed by atoms with Crippen LogP contribution in [0.1, 0.15) is 28.9 Å². The summed E-state index contributed by atoms with van der Waals surface area (Å²) >= 11 is 2.21. The molecule has 47 heavy (non-hydrogen) atoms. The summed E-state index contributed by atoms with van der Waals surface area (Å²) in [6, 6.07) is 20.5. The van der Waals surface area contributed by atoms with Crippen molar-refractivity contribution in [2.45, 2.75) is 25.6 Å². The summed E-state index contributed by atoms with van der Waals surface area (Å²) in [6.45, 7) is 2.92. The highest BCUT2D eigenvalue weighted by atomic mass is 127. The molecule has 2 saturated heterocycles. The van der Waals surface area contributed by atoms with E-state index in [9.17, 15) is 18.0 Å². The first-order valence-corrected chi connectivity index (χ1v) is 16.4. The van der Waals surface area contributed by atoms with E-state index in [1.807, 2.05) is 9.18 Å². The Morgan fingerprint density at radius 1 is 1.11 bits per heavy atom. The molecule has 3 heterocycles. The van der Waals surface area contributed by atoms with E-state index in [-0.39, 0.29) is 18.1 Å².